The van der Waals surface area contributed by atoms with Crippen LogP contribution in [-0.4, -0.2) is 22.6 Å². The van der Waals surface area contributed by atoms with Gasteiger partial charge in [-0.3, -0.25) is 9.78 Å². The van der Waals surface area contributed by atoms with E-state index in [0.717, 1.165) is 6.54 Å². The number of aromatic nitrogens is 2. The molecule has 0 aliphatic heterocycles. The predicted octanol–water partition coefficient (Wildman–Crippen LogP) is 1.36. The minimum absolute atomic E-state index is 0.182. The van der Waals surface area contributed by atoms with Crippen LogP contribution >= 0.6 is 0 Å². The van der Waals surface area contributed by atoms with Crippen LogP contribution in [0.1, 0.15) is 23.3 Å². The summed E-state index contributed by atoms with van der Waals surface area (Å²) in [5.74, 6) is 0.471. The molecule has 1 fully saturated rings. The van der Waals surface area contributed by atoms with Gasteiger partial charge in [0.05, 0.1) is 5.39 Å². The highest BCUT2D eigenvalue weighted by molar-refractivity contribution is 6.03. The Bertz CT molecular complexity index is 531. The van der Waals surface area contributed by atoms with Crippen molar-refractivity contribution in [3.8, 4) is 0 Å². The number of carbonyl (C=O) groups excluding carboxylic acids is 1. The summed E-state index contributed by atoms with van der Waals surface area (Å²) in [5.41, 5.74) is 0.912. The van der Waals surface area contributed by atoms with Crippen molar-refractivity contribution < 1.29 is 9.32 Å². The van der Waals surface area contributed by atoms with E-state index in [1.165, 1.54) is 12.8 Å². The van der Waals surface area contributed by atoms with Crippen molar-refractivity contribution in [2.75, 3.05) is 6.54 Å². The summed E-state index contributed by atoms with van der Waals surface area (Å²) in [6.45, 7) is 0.730. The van der Waals surface area contributed by atoms with Crippen LogP contribution in [0.3, 0.4) is 0 Å². The SMILES string of the molecule is O=C(NCC1CC1)c1noc2ccncc12. The maximum absolute atomic E-state index is 11.8. The molecule has 82 valence electrons. The fraction of sp³-hybridized carbons (Fsp3) is 0.364. The summed E-state index contributed by atoms with van der Waals surface area (Å²) in [6, 6.07) is 1.69. The Morgan fingerprint density at radius 3 is 3.25 bits per heavy atom. The van der Waals surface area contributed by atoms with Gasteiger partial charge in [0.1, 0.15) is 0 Å². The molecular weight excluding hydrogens is 206 g/mol. The molecule has 2 heterocycles. The van der Waals surface area contributed by atoms with Crippen LogP contribution in [0.15, 0.2) is 23.0 Å². The summed E-state index contributed by atoms with van der Waals surface area (Å²) in [4.78, 5) is 15.7. The number of rotatable bonds is 3. The zero-order chi connectivity index (χ0) is 11.0. The van der Waals surface area contributed by atoms with Crippen LogP contribution in [-0.2, 0) is 0 Å². The highest BCUT2D eigenvalue weighted by Crippen LogP contribution is 2.27. The smallest absolute Gasteiger partial charge is 0.274 e. The normalized spacial score (nSPS) is 15.2. The molecule has 1 N–H and O–H groups in total. The molecule has 1 aliphatic carbocycles. The number of amides is 1. The van der Waals surface area contributed by atoms with Gasteiger partial charge in [0.25, 0.3) is 5.91 Å². The van der Waals surface area contributed by atoms with Crippen LogP contribution in [0.5, 0.6) is 0 Å². The van der Waals surface area contributed by atoms with Gasteiger partial charge in [-0.05, 0) is 18.8 Å². The molecule has 5 heteroatoms. The Labute approximate surface area is 91.8 Å². The maximum Gasteiger partial charge on any atom is 0.274 e. The van der Waals surface area contributed by atoms with E-state index in [2.05, 4.69) is 15.5 Å². The number of carbonyl (C=O) groups is 1. The lowest BCUT2D eigenvalue weighted by atomic mass is 10.2. The number of nitrogens with one attached hydrogen (secondary N) is 1. The van der Waals surface area contributed by atoms with E-state index in [1.54, 1.807) is 18.5 Å². The monoisotopic (exact) mass is 217 g/mol. The third-order valence-corrected chi connectivity index (χ3v) is 2.73. The summed E-state index contributed by atoms with van der Waals surface area (Å²) in [5, 5.41) is 7.28. The van der Waals surface area contributed by atoms with E-state index < -0.39 is 0 Å². The van der Waals surface area contributed by atoms with E-state index >= 15 is 0 Å². The molecule has 0 atom stereocenters. The third-order valence-electron chi connectivity index (χ3n) is 2.73. The van der Waals surface area contributed by atoms with Crippen LogP contribution in [0.25, 0.3) is 11.0 Å². The summed E-state index contributed by atoms with van der Waals surface area (Å²) in [6.07, 6.45) is 5.63. The second kappa shape index (κ2) is 3.59. The highest BCUT2D eigenvalue weighted by atomic mass is 16.5. The number of pyridine rings is 1. The lowest BCUT2D eigenvalue weighted by Crippen LogP contribution is -2.25. The molecule has 2 aromatic heterocycles. The topological polar surface area (TPSA) is 68.0 Å². The van der Waals surface area contributed by atoms with Crippen LogP contribution in [0.4, 0.5) is 0 Å². The van der Waals surface area contributed by atoms with Crippen molar-refractivity contribution in [1.82, 2.24) is 15.5 Å². The van der Waals surface area contributed by atoms with E-state index in [9.17, 15) is 4.79 Å². The molecule has 5 nitrogen and oxygen atoms in total. The first kappa shape index (κ1) is 9.33. The lowest BCUT2D eigenvalue weighted by molar-refractivity contribution is 0.0944. The maximum atomic E-state index is 11.8. The Balaban J connectivity index is 1.83. The zero-order valence-electron chi connectivity index (χ0n) is 8.64. The lowest BCUT2D eigenvalue weighted by Gasteiger charge is -1.99. The Kier molecular flexibility index (Phi) is 2.09. The van der Waals surface area contributed by atoms with Gasteiger partial charge in [-0.1, -0.05) is 5.16 Å². The first-order valence-corrected chi connectivity index (χ1v) is 5.32. The number of hydrogen-bond acceptors (Lipinski definition) is 4. The molecule has 0 bridgehead atoms. The fourth-order valence-electron chi connectivity index (χ4n) is 1.59. The minimum atomic E-state index is -0.182. The Hall–Kier alpha value is -1.91. The molecule has 1 amide bonds. The van der Waals surface area contributed by atoms with Crippen molar-refractivity contribution >= 4 is 16.9 Å². The van der Waals surface area contributed by atoms with E-state index in [-0.39, 0.29) is 5.91 Å². The minimum Gasteiger partial charge on any atom is -0.355 e. The molecule has 1 saturated carbocycles. The van der Waals surface area contributed by atoms with Gasteiger partial charge in [-0.2, -0.15) is 0 Å². The summed E-state index contributed by atoms with van der Waals surface area (Å²) >= 11 is 0. The van der Waals surface area contributed by atoms with Crippen LogP contribution < -0.4 is 5.32 Å². The molecule has 0 spiro atoms. The highest BCUT2D eigenvalue weighted by Gasteiger charge is 2.23. The van der Waals surface area contributed by atoms with Crippen molar-refractivity contribution in [2.24, 2.45) is 5.92 Å². The molecule has 1 aliphatic rings. The second-order valence-electron chi connectivity index (χ2n) is 4.06. The zero-order valence-corrected chi connectivity index (χ0v) is 8.64. The molecule has 3 rings (SSSR count). The molecule has 0 radical (unpaired) electrons. The van der Waals surface area contributed by atoms with Gasteiger partial charge in [0.15, 0.2) is 11.3 Å². The number of hydrogen-bond donors (Lipinski definition) is 1. The number of fused-ring (bicyclic) bond motifs is 1. The average Bonchev–Trinajstić information content (AvgIpc) is 3.04. The molecule has 2 aromatic rings. The van der Waals surface area contributed by atoms with E-state index in [1.807, 2.05) is 0 Å². The molecule has 0 aromatic carbocycles. The average molecular weight is 217 g/mol. The van der Waals surface area contributed by atoms with Gasteiger partial charge in [0, 0.05) is 25.0 Å². The quantitative estimate of drug-likeness (QED) is 0.842. The molecule has 0 saturated heterocycles. The van der Waals surface area contributed by atoms with E-state index in [0.29, 0.717) is 22.6 Å². The Morgan fingerprint density at radius 1 is 1.56 bits per heavy atom. The number of nitrogens with zero attached hydrogens (tertiary/aromatic N) is 2. The summed E-state index contributed by atoms with van der Waals surface area (Å²) < 4.78 is 5.04. The predicted molar refractivity (Wildman–Crippen MR) is 56.9 cm³/mol. The van der Waals surface area contributed by atoms with Crippen molar-refractivity contribution in [2.45, 2.75) is 12.8 Å². The standard InChI is InChI=1S/C11H11N3O2/c15-11(13-5-7-1-2-7)10-8-6-12-4-3-9(8)16-14-10/h3-4,6-7H,1-2,5H2,(H,13,15). The third kappa shape index (κ3) is 1.64. The fourth-order valence-corrected chi connectivity index (χ4v) is 1.59. The van der Waals surface area contributed by atoms with Crippen molar-refractivity contribution in [3.05, 3.63) is 24.2 Å². The van der Waals surface area contributed by atoms with Crippen LogP contribution in [0, 0.1) is 5.92 Å². The first-order chi connectivity index (χ1) is 7.84. The van der Waals surface area contributed by atoms with Gasteiger partial charge >= 0.3 is 0 Å². The second-order valence-corrected chi connectivity index (χ2v) is 4.06. The molecule has 0 unspecified atom stereocenters. The largest absolute Gasteiger partial charge is 0.355 e. The van der Waals surface area contributed by atoms with Gasteiger partial charge in [-0.15, -0.1) is 0 Å². The van der Waals surface area contributed by atoms with E-state index in [4.69, 9.17) is 4.52 Å². The summed E-state index contributed by atoms with van der Waals surface area (Å²) in [7, 11) is 0. The van der Waals surface area contributed by atoms with Crippen molar-refractivity contribution in [3.63, 3.8) is 0 Å². The molecule has 16 heavy (non-hydrogen) atoms. The van der Waals surface area contributed by atoms with Gasteiger partial charge < -0.3 is 9.84 Å². The molecular formula is C11H11N3O2. The Morgan fingerprint density at radius 2 is 2.44 bits per heavy atom. The van der Waals surface area contributed by atoms with Gasteiger partial charge in [-0.25, -0.2) is 0 Å². The van der Waals surface area contributed by atoms with Crippen molar-refractivity contribution in [1.29, 1.82) is 0 Å². The first-order valence-electron chi connectivity index (χ1n) is 5.32. The van der Waals surface area contributed by atoms with Crippen LogP contribution in [0.2, 0.25) is 0 Å². The van der Waals surface area contributed by atoms with Gasteiger partial charge in [0.2, 0.25) is 0 Å².